The third-order valence-electron chi connectivity index (χ3n) is 4.05. The van der Waals surface area contributed by atoms with Crippen LogP contribution in [0.5, 0.6) is 5.75 Å². The first kappa shape index (κ1) is 17.9. The molecule has 0 bridgehead atoms. The molecule has 1 heterocycles. The van der Waals surface area contributed by atoms with E-state index in [0.29, 0.717) is 24.5 Å². The Morgan fingerprint density at radius 1 is 1.08 bits per heavy atom. The maximum absolute atomic E-state index is 13.9. The van der Waals surface area contributed by atoms with E-state index >= 15 is 0 Å². The fourth-order valence-corrected chi connectivity index (χ4v) is 2.62. The predicted molar refractivity (Wildman–Crippen MR) is 92.2 cm³/mol. The van der Waals surface area contributed by atoms with Gasteiger partial charge in [-0.3, -0.25) is 4.79 Å². The van der Waals surface area contributed by atoms with Gasteiger partial charge in [0, 0.05) is 18.4 Å². The lowest BCUT2D eigenvalue weighted by Crippen LogP contribution is -2.25. The minimum absolute atomic E-state index is 0.0810. The van der Waals surface area contributed by atoms with Gasteiger partial charge in [-0.25, -0.2) is 9.18 Å². The van der Waals surface area contributed by atoms with Crippen LogP contribution < -0.4 is 10.1 Å². The van der Waals surface area contributed by atoms with Crippen molar-refractivity contribution in [1.29, 1.82) is 0 Å². The van der Waals surface area contributed by atoms with Crippen molar-refractivity contribution in [2.24, 2.45) is 0 Å². The van der Waals surface area contributed by atoms with Crippen LogP contribution in [0.25, 0.3) is 0 Å². The van der Waals surface area contributed by atoms with Gasteiger partial charge in [0.15, 0.2) is 0 Å². The first-order chi connectivity index (χ1) is 12.5. The molecular formula is C19H18FNO5. The van der Waals surface area contributed by atoms with Crippen LogP contribution in [0.3, 0.4) is 0 Å². The summed E-state index contributed by atoms with van der Waals surface area (Å²) in [5, 5.41) is 11.3. The Kier molecular flexibility index (Phi) is 5.48. The average Bonchev–Trinajstić information content (AvgIpc) is 2.64. The van der Waals surface area contributed by atoms with Crippen LogP contribution in [0.1, 0.15) is 33.6 Å². The minimum Gasteiger partial charge on any atom is -0.490 e. The van der Waals surface area contributed by atoms with Gasteiger partial charge in [-0.15, -0.1) is 0 Å². The number of hydrogen-bond acceptors (Lipinski definition) is 4. The number of ether oxygens (including phenoxy) is 2. The number of rotatable bonds is 5. The standard InChI is InChI=1S/C19H18FNO5/c20-16-11-13(19(23)24)3-6-17(16)21-18(22)12-1-4-14(5-2-12)26-15-7-9-25-10-8-15/h1-6,11,15H,7-10H2,(H,21,22)(H,23,24). The van der Waals surface area contributed by atoms with E-state index in [9.17, 15) is 14.0 Å². The maximum atomic E-state index is 13.9. The molecule has 2 aromatic carbocycles. The number of carbonyl (C=O) groups excluding carboxylic acids is 1. The number of nitrogens with one attached hydrogen (secondary N) is 1. The number of carboxylic acid groups (broad SMARTS) is 1. The summed E-state index contributed by atoms with van der Waals surface area (Å²) in [5.41, 5.74) is 0.0729. The quantitative estimate of drug-likeness (QED) is 0.855. The molecule has 3 rings (SSSR count). The van der Waals surface area contributed by atoms with Crippen molar-refractivity contribution in [2.45, 2.75) is 18.9 Å². The van der Waals surface area contributed by atoms with Gasteiger partial charge in [-0.05, 0) is 42.5 Å². The molecule has 1 aliphatic heterocycles. The molecule has 136 valence electrons. The second kappa shape index (κ2) is 7.97. The zero-order chi connectivity index (χ0) is 18.5. The molecule has 0 spiro atoms. The Bertz CT molecular complexity index is 800. The highest BCUT2D eigenvalue weighted by atomic mass is 19.1. The fourth-order valence-electron chi connectivity index (χ4n) is 2.62. The molecule has 1 amide bonds. The summed E-state index contributed by atoms with van der Waals surface area (Å²) in [4.78, 5) is 23.0. The SMILES string of the molecule is O=C(O)c1ccc(NC(=O)c2ccc(OC3CCOCC3)cc2)c(F)c1. The van der Waals surface area contributed by atoms with E-state index in [-0.39, 0.29) is 17.4 Å². The van der Waals surface area contributed by atoms with Gasteiger partial charge in [0.2, 0.25) is 0 Å². The maximum Gasteiger partial charge on any atom is 0.335 e. The lowest BCUT2D eigenvalue weighted by molar-refractivity contribution is 0.0255. The largest absolute Gasteiger partial charge is 0.490 e. The highest BCUT2D eigenvalue weighted by Gasteiger charge is 2.16. The van der Waals surface area contributed by atoms with Crippen molar-refractivity contribution < 1.29 is 28.6 Å². The summed E-state index contributed by atoms with van der Waals surface area (Å²) in [7, 11) is 0. The van der Waals surface area contributed by atoms with E-state index in [1.807, 2.05) is 0 Å². The molecular weight excluding hydrogens is 341 g/mol. The van der Waals surface area contributed by atoms with Crippen molar-refractivity contribution in [3.05, 3.63) is 59.4 Å². The average molecular weight is 359 g/mol. The van der Waals surface area contributed by atoms with Crippen molar-refractivity contribution in [1.82, 2.24) is 0 Å². The molecule has 0 unspecified atom stereocenters. The number of carbonyl (C=O) groups is 2. The Labute approximate surface area is 149 Å². The molecule has 0 atom stereocenters. The molecule has 1 fully saturated rings. The van der Waals surface area contributed by atoms with Crippen LogP contribution in [0.15, 0.2) is 42.5 Å². The van der Waals surface area contributed by atoms with Gasteiger partial charge in [0.1, 0.15) is 17.7 Å². The second-order valence-electron chi connectivity index (χ2n) is 5.91. The van der Waals surface area contributed by atoms with E-state index in [0.717, 1.165) is 18.9 Å². The van der Waals surface area contributed by atoms with Crippen LogP contribution in [-0.2, 0) is 4.74 Å². The Balaban J connectivity index is 1.63. The van der Waals surface area contributed by atoms with E-state index < -0.39 is 17.7 Å². The summed E-state index contributed by atoms with van der Waals surface area (Å²) >= 11 is 0. The third kappa shape index (κ3) is 4.37. The molecule has 7 heteroatoms. The van der Waals surface area contributed by atoms with Crippen molar-refractivity contribution in [3.63, 3.8) is 0 Å². The zero-order valence-electron chi connectivity index (χ0n) is 13.9. The van der Waals surface area contributed by atoms with Gasteiger partial charge in [0.05, 0.1) is 24.5 Å². The fraction of sp³-hybridized carbons (Fsp3) is 0.263. The summed E-state index contributed by atoms with van der Waals surface area (Å²) < 4.78 is 25.0. The third-order valence-corrected chi connectivity index (χ3v) is 4.05. The van der Waals surface area contributed by atoms with Gasteiger partial charge >= 0.3 is 5.97 Å². The van der Waals surface area contributed by atoms with Gasteiger partial charge in [0.25, 0.3) is 5.91 Å². The van der Waals surface area contributed by atoms with E-state index in [1.54, 1.807) is 24.3 Å². The van der Waals surface area contributed by atoms with E-state index in [4.69, 9.17) is 14.6 Å². The molecule has 0 aliphatic carbocycles. The topological polar surface area (TPSA) is 84.9 Å². The second-order valence-corrected chi connectivity index (χ2v) is 5.91. The van der Waals surface area contributed by atoms with Crippen LogP contribution in [0.2, 0.25) is 0 Å². The summed E-state index contributed by atoms with van der Waals surface area (Å²) in [6, 6.07) is 9.87. The smallest absolute Gasteiger partial charge is 0.335 e. The lowest BCUT2D eigenvalue weighted by atomic mass is 10.1. The summed E-state index contributed by atoms with van der Waals surface area (Å²) in [6.07, 6.45) is 1.76. The van der Waals surface area contributed by atoms with Crippen molar-refractivity contribution in [2.75, 3.05) is 18.5 Å². The van der Waals surface area contributed by atoms with E-state index in [1.165, 1.54) is 12.1 Å². The molecule has 26 heavy (non-hydrogen) atoms. The van der Waals surface area contributed by atoms with E-state index in [2.05, 4.69) is 5.32 Å². The number of amides is 1. The van der Waals surface area contributed by atoms with Gasteiger partial charge in [-0.1, -0.05) is 0 Å². The van der Waals surface area contributed by atoms with Gasteiger partial charge in [-0.2, -0.15) is 0 Å². The highest BCUT2D eigenvalue weighted by Crippen LogP contribution is 2.20. The molecule has 2 aromatic rings. The minimum atomic E-state index is -1.23. The van der Waals surface area contributed by atoms with Crippen LogP contribution in [-0.4, -0.2) is 36.3 Å². The number of aromatic carboxylic acids is 1. The van der Waals surface area contributed by atoms with Gasteiger partial charge < -0.3 is 19.9 Å². The number of benzene rings is 2. The number of hydrogen-bond donors (Lipinski definition) is 2. The zero-order valence-corrected chi connectivity index (χ0v) is 13.9. The number of anilines is 1. The normalized spacial score (nSPS) is 14.7. The Morgan fingerprint density at radius 3 is 2.35 bits per heavy atom. The molecule has 0 radical (unpaired) electrons. The Hall–Kier alpha value is -2.93. The first-order valence-corrected chi connectivity index (χ1v) is 8.21. The molecule has 1 saturated heterocycles. The number of carboxylic acids is 1. The predicted octanol–water partition coefficient (Wildman–Crippen LogP) is 3.33. The molecule has 2 N–H and O–H groups in total. The van der Waals surface area contributed by atoms with Crippen LogP contribution >= 0.6 is 0 Å². The van der Waals surface area contributed by atoms with Crippen molar-refractivity contribution >= 4 is 17.6 Å². The van der Waals surface area contributed by atoms with Crippen molar-refractivity contribution in [3.8, 4) is 5.75 Å². The molecule has 0 aromatic heterocycles. The Morgan fingerprint density at radius 2 is 1.73 bits per heavy atom. The molecule has 6 nitrogen and oxygen atoms in total. The number of halogens is 1. The highest BCUT2D eigenvalue weighted by molar-refractivity contribution is 6.04. The molecule has 0 saturated carbocycles. The molecule has 1 aliphatic rings. The van der Waals surface area contributed by atoms with Crippen LogP contribution in [0, 0.1) is 5.82 Å². The summed E-state index contributed by atoms with van der Waals surface area (Å²) in [5.74, 6) is -1.88. The monoisotopic (exact) mass is 359 g/mol. The van der Waals surface area contributed by atoms with Crippen LogP contribution in [0.4, 0.5) is 10.1 Å². The summed E-state index contributed by atoms with van der Waals surface area (Å²) in [6.45, 7) is 1.36. The lowest BCUT2D eigenvalue weighted by Gasteiger charge is -2.23. The first-order valence-electron chi connectivity index (χ1n) is 8.21.